The lowest BCUT2D eigenvalue weighted by molar-refractivity contribution is 0.0529. The first kappa shape index (κ1) is 11.6. The standard InChI is InChI=1S/C15H18N2O/c16-11-15(5-7-18-8-6-15)13-9-12-3-1-2-4-14(12)17-10-13/h1-4,9-10H,5-8,11,16H2. The normalized spacial score (nSPS) is 18.9. The fourth-order valence-electron chi connectivity index (χ4n) is 2.73. The predicted molar refractivity (Wildman–Crippen MR) is 72.5 cm³/mol. The smallest absolute Gasteiger partial charge is 0.0702 e. The topological polar surface area (TPSA) is 48.1 Å². The number of pyridine rings is 1. The van der Waals surface area contributed by atoms with Crippen molar-refractivity contribution in [3.8, 4) is 0 Å². The average molecular weight is 242 g/mol. The van der Waals surface area contributed by atoms with Crippen LogP contribution in [0.15, 0.2) is 36.5 Å². The molecule has 3 nitrogen and oxygen atoms in total. The van der Waals surface area contributed by atoms with Crippen molar-refractivity contribution < 1.29 is 4.74 Å². The van der Waals surface area contributed by atoms with Crippen LogP contribution in [0.1, 0.15) is 18.4 Å². The molecule has 2 N–H and O–H groups in total. The number of nitrogens with two attached hydrogens (primary N) is 1. The van der Waals surface area contributed by atoms with Gasteiger partial charge in [0.1, 0.15) is 0 Å². The molecule has 3 heteroatoms. The molecule has 0 unspecified atom stereocenters. The molecule has 1 aromatic heterocycles. The summed E-state index contributed by atoms with van der Waals surface area (Å²) in [5.74, 6) is 0. The highest BCUT2D eigenvalue weighted by Gasteiger charge is 2.33. The Kier molecular flexibility index (Phi) is 3.02. The lowest BCUT2D eigenvalue weighted by Gasteiger charge is -2.36. The van der Waals surface area contributed by atoms with Gasteiger partial charge in [0.25, 0.3) is 0 Å². The second kappa shape index (κ2) is 4.67. The van der Waals surface area contributed by atoms with Gasteiger partial charge in [0.15, 0.2) is 0 Å². The number of para-hydroxylation sites is 1. The highest BCUT2D eigenvalue weighted by Crippen LogP contribution is 2.34. The van der Waals surface area contributed by atoms with Crippen LogP contribution in [0.2, 0.25) is 0 Å². The van der Waals surface area contributed by atoms with Gasteiger partial charge in [-0.25, -0.2) is 0 Å². The van der Waals surface area contributed by atoms with E-state index < -0.39 is 0 Å². The summed E-state index contributed by atoms with van der Waals surface area (Å²) in [5, 5.41) is 1.19. The van der Waals surface area contributed by atoms with Crippen LogP contribution in [0.25, 0.3) is 10.9 Å². The maximum atomic E-state index is 6.03. The van der Waals surface area contributed by atoms with Crippen molar-refractivity contribution in [1.29, 1.82) is 0 Å². The zero-order valence-electron chi connectivity index (χ0n) is 10.4. The second-order valence-electron chi connectivity index (χ2n) is 5.01. The molecule has 0 spiro atoms. The zero-order valence-corrected chi connectivity index (χ0v) is 10.4. The van der Waals surface area contributed by atoms with Crippen molar-refractivity contribution >= 4 is 10.9 Å². The third kappa shape index (κ3) is 1.89. The van der Waals surface area contributed by atoms with Gasteiger partial charge in [0, 0.05) is 36.8 Å². The minimum absolute atomic E-state index is 0.0509. The number of ether oxygens (including phenoxy) is 1. The minimum atomic E-state index is 0.0509. The molecule has 3 rings (SSSR count). The Morgan fingerprint density at radius 1 is 1.22 bits per heavy atom. The third-order valence-corrected chi connectivity index (χ3v) is 4.04. The van der Waals surface area contributed by atoms with Crippen LogP contribution in [0.4, 0.5) is 0 Å². The quantitative estimate of drug-likeness (QED) is 0.878. The maximum Gasteiger partial charge on any atom is 0.0702 e. The molecule has 1 fully saturated rings. The van der Waals surface area contributed by atoms with Gasteiger partial charge in [-0.05, 0) is 30.5 Å². The van der Waals surface area contributed by atoms with Crippen molar-refractivity contribution in [3.63, 3.8) is 0 Å². The molecule has 1 aromatic carbocycles. The Morgan fingerprint density at radius 3 is 2.78 bits per heavy atom. The molecule has 0 radical (unpaired) electrons. The van der Waals surface area contributed by atoms with E-state index in [2.05, 4.69) is 17.1 Å². The van der Waals surface area contributed by atoms with Crippen molar-refractivity contribution in [1.82, 2.24) is 4.98 Å². The van der Waals surface area contributed by atoms with Crippen LogP contribution in [-0.4, -0.2) is 24.7 Å². The number of aromatic nitrogens is 1. The first-order valence-electron chi connectivity index (χ1n) is 6.47. The van der Waals surface area contributed by atoms with E-state index in [1.54, 1.807) is 0 Å². The highest BCUT2D eigenvalue weighted by molar-refractivity contribution is 5.79. The Labute approximate surface area is 107 Å². The van der Waals surface area contributed by atoms with Crippen molar-refractivity contribution in [2.24, 2.45) is 5.73 Å². The molecule has 2 aromatic rings. The van der Waals surface area contributed by atoms with Crippen molar-refractivity contribution in [2.75, 3.05) is 19.8 Å². The Bertz CT molecular complexity index is 547. The molecule has 1 aliphatic heterocycles. The maximum absolute atomic E-state index is 6.03. The lowest BCUT2D eigenvalue weighted by Crippen LogP contribution is -2.40. The Balaban J connectivity index is 2.06. The zero-order chi connectivity index (χ0) is 12.4. The predicted octanol–water partition coefficient (Wildman–Crippen LogP) is 2.24. The van der Waals surface area contributed by atoms with E-state index in [1.165, 1.54) is 10.9 Å². The van der Waals surface area contributed by atoms with Crippen LogP contribution < -0.4 is 5.73 Å². The third-order valence-electron chi connectivity index (χ3n) is 4.04. The summed E-state index contributed by atoms with van der Waals surface area (Å²) in [4.78, 5) is 4.55. The fourth-order valence-corrected chi connectivity index (χ4v) is 2.73. The monoisotopic (exact) mass is 242 g/mol. The summed E-state index contributed by atoms with van der Waals surface area (Å²) < 4.78 is 5.46. The van der Waals surface area contributed by atoms with Crippen LogP contribution in [0, 0.1) is 0 Å². The molecule has 1 aliphatic rings. The summed E-state index contributed by atoms with van der Waals surface area (Å²) in [6.07, 6.45) is 3.97. The Hall–Kier alpha value is -1.45. The van der Waals surface area contributed by atoms with Crippen LogP contribution in [0.3, 0.4) is 0 Å². The Morgan fingerprint density at radius 2 is 2.00 bits per heavy atom. The van der Waals surface area contributed by atoms with E-state index in [9.17, 15) is 0 Å². The number of fused-ring (bicyclic) bond motifs is 1. The molecule has 94 valence electrons. The van der Waals surface area contributed by atoms with Gasteiger partial charge in [0.05, 0.1) is 5.52 Å². The molecule has 0 amide bonds. The average Bonchev–Trinajstić information content (AvgIpc) is 2.47. The van der Waals surface area contributed by atoms with Crippen molar-refractivity contribution in [3.05, 3.63) is 42.1 Å². The number of benzene rings is 1. The van der Waals surface area contributed by atoms with Gasteiger partial charge in [-0.1, -0.05) is 18.2 Å². The van der Waals surface area contributed by atoms with Gasteiger partial charge < -0.3 is 10.5 Å². The number of hydrogen-bond donors (Lipinski definition) is 1. The van der Waals surface area contributed by atoms with E-state index in [0.717, 1.165) is 31.6 Å². The number of rotatable bonds is 2. The van der Waals surface area contributed by atoms with E-state index in [0.29, 0.717) is 6.54 Å². The van der Waals surface area contributed by atoms with Gasteiger partial charge in [0.2, 0.25) is 0 Å². The minimum Gasteiger partial charge on any atom is -0.381 e. The second-order valence-corrected chi connectivity index (χ2v) is 5.01. The number of hydrogen-bond acceptors (Lipinski definition) is 3. The van der Waals surface area contributed by atoms with Gasteiger partial charge in [-0.3, -0.25) is 4.98 Å². The first-order valence-corrected chi connectivity index (χ1v) is 6.47. The van der Waals surface area contributed by atoms with Crippen molar-refractivity contribution in [2.45, 2.75) is 18.3 Å². The SMILES string of the molecule is NCC1(c2cnc3ccccc3c2)CCOCC1. The summed E-state index contributed by atoms with van der Waals surface area (Å²) in [5.41, 5.74) is 8.38. The molecule has 1 saturated heterocycles. The van der Waals surface area contributed by atoms with Gasteiger partial charge >= 0.3 is 0 Å². The molecular weight excluding hydrogens is 224 g/mol. The summed E-state index contributed by atoms with van der Waals surface area (Å²) in [6.45, 7) is 2.25. The molecule has 0 atom stereocenters. The van der Waals surface area contributed by atoms with E-state index in [-0.39, 0.29) is 5.41 Å². The summed E-state index contributed by atoms with van der Waals surface area (Å²) >= 11 is 0. The van der Waals surface area contributed by atoms with Gasteiger partial charge in [-0.15, -0.1) is 0 Å². The molecule has 0 bridgehead atoms. The van der Waals surface area contributed by atoms with Crippen LogP contribution >= 0.6 is 0 Å². The molecule has 0 saturated carbocycles. The largest absolute Gasteiger partial charge is 0.381 e. The molecule has 18 heavy (non-hydrogen) atoms. The van der Waals surface area contributed by atoms with E-state index >= 15 is 0 Å². The van der Waals surface area contributed by atoms with Crippen LogP contribution in [-0.2, 0) is 10.2 Å². The van der Waals surface area contributed by atoms with Crippen LogP contribution in [0.5, 0.6) is 0 Å². The molecular formula is C15H18N2O. The summed E-state index contributed by atoms with van der Waals surface area (Å²) in [6, 6.07) is 10.4. The molecule has 2 heterocycles. The van der Waals surface area contributed by atoms with Gasteiger partial charge in [-0.2, -0.15) is 0 Å². The van der Waals surface area contributed by atoms with E-state index in [1.807, 2.05) is 24.4 Å². The fraction of sp³-hybridized carbons (Fsp3) is 0.400. The summed E-state index contributed by atoms with van der Waals surface area (Å²) in [7, 11) is 0. The number of nitrogens with zero attached hydrogens (tertiary/aromatic N) is 1. The molecule has 0 aliphatic carbocycles. The first-order chi connectivity index (χ1) is 8.84. The lowest BCUT2D eigenvalue weighted by atomic mass is 9.74. The highest BCUT2D eigenvalue weighted by atomic mass is 16.5. The van der Waals surface area contributed by atoms with E-state index in [4.69, 9.17) is 10.5 Å².